The van der Waals surface area contributed by atoms with Crippen molar-refractivity contribution in [3.8, 4) is 0 Å². The Kier molecular flexibility index (Phi) is 8.10. The lowest BCUT2D eigenvalue weighted by molar-refractivity contribution is -0.127. The van der Waals surface area contributed by atoms with E-state index in [2.05, 4.69) is 44.7 Å². The maximum absolute atomic E-state index is 11.8. The van der Waals surface area contributed by atoms with E-state index in [-0.39, 0.29) is 5.91 Å². The van der Waals surface area contributed by atoms with E-state index in [1.165, 1.54) is 76.8 Å². The van der Waals surface area contributed by atoms with Crippen molar-refractivity contribution in [2.45, 2.75) is 75.6 Å². The smallest absolute Gasteiger partial charge is 0.219 e. The monoisotopic (exact) mass is 478 g/mol. The summed E-state index contributed by atoms with van der Waals surface area (Å²) in [5.41, 5.74) is 0. The summed E-state index contributed by atoms with van der Waals surface area (Å²) < 4.78 is 1.58. The third-order valence-electron chi connectivity index (χ3n) is 8.28. The van der Waals surface area contributed by atoms with Crippen LogP contribution in [0.1, 0.15) is 58.3 Å². The summed E-state index contributed by atoms with van der Waals surface area (Å²) in [6.45, 7) is 9.72. The number of hydrogen-bond donors (Lipinski definition) is 1. The van der Waals surface area contributed by atoms with Crippen molar-refractivity contribution in [1.29, 1.82) is 0 Å². The van der Waals surface area contributed by atoms with E-state index in [4.69, 9.17) is 0 Å². The van der Waals surface area contributed by atoms with Gasteiger partial charge in [0.1, 0.15) is 0 Å². The Morgan fingerprint density at radius 3 is 2.66 bits per heavy atom. The third kappa shape index (κ3) is 5.88. The van der Waals surface area contributed by atoms with Crippen molar-refractivity contribution in [3.63, 3.8) is 0 Å². The standard InChI is InChI=1S/C25H42N4OS2/c1-19(30)28-12-9-20(16-28)17-29(21-7-3-2-4-8-21)18-26-24-22-15-23(32-25(22)24)31-14-13-27-10-5-6-11-27/h15,20-22,24-26H,2-14,16-18H2,1H3. The fourth-order valence-corrected chi connectivity index (χ4v) is 9.12. The van der Waals surface area contributed by atoms with E-state index < -0.39 is 0 Å². The van der Waals surface area contributed by atoms with Gasteiger partial charge in [-0.3, -0.25) is 15.0 Å². The SMILES string of the molecule is CC(=O)N1CCC(CN(CNC2C3C=C(SCCN4CCCC4)SC32)C2CCCCC2)C1. The van der Waals surface area contributed by atoms with Gasteiger partial charge in [0.25, 0.3) is 0 Å². The Bertz CT molecular complexity index is 677. The van der Waals surface area contributed by atoms with Gasteiger partial charge >= 0.3 is 0 Å². The van der Waals surface area contributed by atoms with Crippen LogP contribution in [0.2, 0.25) is 0 Å². The van der Waals surface area contributed by atoms with Gasteiger partial charge in [-0.05, 0) is 51.1 Å². The Hall–Kier alpha value is -0.210. The lowest BCUT2D eigenvalue weighted by atomic mass is 9.93. The van der Waals surface area contributed by atoms with Crippen LogP contribution in [0.3, 0.4) is 0 Å². The molecule has 5 rings (SSSR count). The molecule has 0 spiro atoms. The Morgan fingerprint density at radius 1 is 1.16 bits per heavy atom. The van der Waals surface area contributed by atoms with E-state index in [1.54, 1.807) is 11.2 Å². The molecule has 1 N–H and O–H groups in total. The molecule has 2 aliphatic carbocycles. The highest BCUT2D eigenvalue weighted by Crippen LogP contribution is 2.56. The molecule has 2 saturated carbocycles. The van der Waals surface area contributed by atoms with Gasteiger partial charge in [0.15, 0.2) is 0 Å². The minimum absolute atomic E-state index is 0.249. The van der Waals surface area contributed by atoms with Crippen LogP contribution in [0.5, 0.6) is 0 Å². The van der Waals surface area contributed by atoms with E-state index >= 15 is 0 Å². The molecular weight excluding hydrogens is 436 g/mol. The number of carbonyl (C=O) groups is 1. The molecule has 0 bridgehead atoms. The van der Waals surface area contributed by atoms with Gasteiger partial charge in [-0.1, -0.05) is 25.3 Å². The molecule has 0 aromatic rings. The van der Waals surface area contributed by atoms with Crippen molar-refractivity contribution < 1.29 is 4.79 Å². The summed E-state index contributed by atoms with van der Waals surface area (Å²) in [5, 5.41) is 4.72. The summed E-state index contributed by atoms with van der Waals surface area (Å²) in [5.74, 6) is 2.90. The number of thioether (sulfide) groups is 2. The van der Waals surface area contributed by atoms with Crippen LogP contribution in [0, 0.1) is 11.8 Å². The molecule has 4 unspecified atom stereocenters. The lowest BCUT2D eigenvalue weighted by Gasteiger charge is -2.36. The molecule has 0 aromatic heterocycles. The van der Waals surface area contributed by atoms with Crippen molar-refractivity contribution in [2.75, 3.05) is 51.7 Å². The van der Waals surface area contributed by atoms with Crippen LogP contribution in [0.15, 0.2) is 10.3 Å². The molecule has 3 aliphatic heterocycles. The molecule has 4 atom stereocenters. The molecule has 1 amide bonds. The van der Waals surface area contributed by atoms with Crippen LogP contribution in [-0.2, 0) is 4.79 Å². The molecule has 3 heterocycles. The number of nitrogens with one attached hydrogen (secondary N) is 1. The molecule has 2 saturated heterocycles. The van der Waals surface area contributed by atoms with E-state index in [0.29, 0.717) is 12.0 Å². The quantitative estimate of drug-likeness (QED) is 0.481. The van der Waals surface area contributed by atoms with Crippen LogP contribution in [-0.4, -0.2) is 89.6 Å². The van der Waals surface area contributed by atoms with Gasteiger partial charge in [0.2, 0.25) is 5.91 Å². The highest BCUT2D eigenvalue weighted by atomic mass is 32.2. The molecular formula is C25H42N4OS2. The topological polar surface area (TPSA) is 38.8 Å². The molecule has 5 nitrogen and oxygen atoms in total. The number of carbonyl (C=O) groups excluding carboxylic acids is 1. The Balaban J connectivity index is 1.06. The largest absolute Gasteiger partial charge is 0.343 e. The van der Waals surface area contributed by atoms with E-state index in [0.717, 1.165) is 43.5 Å². The predicted molar refractivity (Wildman–Crippen MR) is 137 cm³/mol. The van der Waals surface area contributed by atoms with Crippen molar-refractivity contribution >= 4 is 29.4 Å². The zero-order valence-electron chi connectivity index (χ0n) is 19.8. The summed E-state index contributed by atoms with van der Waals surface area (Å²) in [7, 11) is 0. The highest BCUT2D eigenvalue weighted by Gasteiger charge is 2.53. The van der Waals surface area contributed by atoms with Crippen LogP contribution in [0.4, 0.5) is 0 Å². The number of nitrogens with zero attached hydrogens (tertiary/aromatic N) is 3. The molecule has 180 valence electrons. The fraction of sp³-hybridized carbons (Fsp3) is 0.880. The minimum atomic E-state index is 0.249. The fourth-order valence-electron chi connectivity index (χ4n) is 6.21. The zero-order chi connectivity index (χ0) is 21.9. The van der Waals surface area contributed by atoms with E-state index in [1.807, 2.05) is 4.90 Å². The van der Waals surface area contributed by atoms with Gasteiger partial charge in [-0.2, -0.15) is 0 Å². The Morgan fingerprint density at radius 2 is 1.97 bits per heavy atom. The first-order valence-electron chi connectivity index (χ1n) is 13.1. The molecule has 5 aliphatic rings. The number of amides is 1. The molecule has 0 radical (unpaired) electrons. The second-order valence-electron chi connectivity index (χ2n) is 10.6. The van der Waals surface area contributed by atoms with Crippen LogP contribution >= 0.6 is 23.5 Å². The summed E-state index contributed by atoms with van der Waals surface area (Å²) in [6.07, 6.45) is 13.4. The van der Waals surface area contributed by atoms with Crippen LogP contribution in [0.25, 0.3) is 0 Å². The molecule has 0 aromatic carbocycles. The second-order valence-corrected chi connectivity index (χ2v) is 13.2. The third-order valence-corrected chi connectivity index (χ3v) is 11.0. The first-order valence-corrected chi connectivity index (χ1v) is 15.0. The van der Waals surface area contributed by atoms with Crippen molar-refractivity contribution in [2.24, 2.45) is 11.8 Å². The van der Waals surface area contributed by atoms with Crippen molar-refractivity contribution in [1.82, 2.24) is 20.0 Å². The average Bonchev–Trinajstić information content (AvgIpc) is 3.32. The van der Waals surface area contributed by atoms with Gasteiger partial charge in [0, 0.05) is 73.0 Å². The highest BCUT2D eigenvalue weighted by molar-refractivity contribution is 8.22. The Labute approximate surface area is 203 Å². The summed E-state index contributed by atoms with van der Waals surface area (Å²) >= 11 is 4.22. The lowest BCUT2D eigenvalue weighted by Crippen LogP contribution is -2.46. The first kappa shape index (κ1) is 23.5. The summed E-state index contributed by atoms with van der Waals surface area (Å²) in [4.78, 5) is 19.2. The minimum Gasteiger partial charge on any atom is -0.343 e. The number of rotatable bonds is 10. The predicted octanol–water partition coefficient (Wildman–Crippen LogP) is 3.82. The van der Waals surface area contributed by atoms with Gasteiger partial charge in [0.05, 0.1) is 0 Å². The molecule has 7 heteroatoms. The maximum atomic E-state index is 11.8. The van der Waals surface area contributed by atoms with Gasteiger partial charge in [-0.25, -0.2) is 0 Å². The molecule has 32 heavy (non-hydrogen) atoms. The maximum Gasteiger partial charge on any atom is 0.219 e. The van der Waals surface area contributed by atoms with Gasteiger partial charge < -0.3 is 9.80 Å². The number of likely N-dealkylation sites (tertiary alicyclic amines) is 2. The number of fused-ring (bicyclic) bond motifs is 1. The number of hydrogen-bond acceptors (Lipinski definition) is 6. The average molecular weight is 479 g/mol. The first-order chi connectivity index (χ1) is 15.7. The normalized spacial score (nSPS) is 33.2. The van der Waals surface area contributed by atoms with E-state index in [9.17, 15) is 4.79 Å². The molecule has 4 fully saturated rings. The van der Waals surface area contributed by atoms with Crippen LogP contribution < -0.4 is 5.32 Å². The second kappa shape index (κ2) is 11.0. The summed E-state index contributed by atoms with van der Waals surface area (Å²) in [6, 6.07) is 1.41. The van der Waals surface area contributed by atoms with Gasteiger partial charge in [-0.15, -0.1) is 23.5 Å². The zero-order valence-corrected chi connectivity index (χ0v) is 21.5. The van der Waals surface area contributed by atoms with Crippen molar-refractivity contribution in [3.05, 3.63) is 10.3 Å².